The summed E-state index contributed by atoms with van der Waals surface area (Å²) in [6, 6.07) is 0.860. The first-order chi connectivity index (χ1) is 5.74. The fourth-order valence-electron chi connectivity index (χ4n) is 1.87. The zero-order chi connectivity index (χ0) is 8.97. The van der Waals surface area contributed by atoms with Gasteiger partial charge in [0.2, 0.25) is 0 Å². The van der Waals surface area contributed by atoms with Crippen molar-refractivity contribution < 1.29 is 0 Å². The Balaban J connectivity index is 2.13. The van der Waals surface area contributed by atoms with Crippen molar-refractivity contribution in [2.75, 3.05) is 33.7 Å². The van der Waals surface area contributed by atoms with Crippen LogP contribution in [0.15, 0.2) is 0 Å². The van der Waals surface area contributed by atoms with E-state index in [2.05, 4.69) is 30.8 Å². The third-order valence-corrected chi connectivity index (χ3v) is 3.06. The van der Waals surface area contributed by atoms with E-state index in [0.717, 1.165) is 6.04 Å². The van der Waals surface area contributed by atoms with E-state index in [0.29, 0.717) is 0 Å². The molecule has 0 aromatic rings. The summed E-state index contributed by atoms with van der Waals surface area (Å²) in [5.74, 6) is 0. The molecule has 1 unspecified atom stereocenters. The summed E-state index contributed by atoms with van der Waals surface area (Å²) >= 11 is 0. The number of rotatable bonds is 4. The van der Waals surface area contributed by atoms with Crippen LogP contribution in [-0.4, -0.2) is 49.6 Å². The topological polar surface area (TPSA) is 6.48 Å². The standard InChI is InChI=1S/C10H22N2/c1-4-11(2)9-7-10-6-5-8-12(10)3/h10H,4-9H2,1-3H3. The van der Waals surface area contributed by atoms with Gasteiger partial charge >= 0.3 is 0 Å². The van der Waals surface area contributed by atoms with Crippen LogP contribution in [-0.2, 0) is 0 Å². The molecule has 1 fully saturated rings. The molecule has 0 aliphatic carbocycles. The van der Waals surface area contributed by atoms with Crippen molar-refractivity contribution in [1.82, 2.24) is 9.80 Å². The van der Waals surface area contributed by atoms with Gasteiger partial charge in [0.25, 0.3) is 0 Å². The summed E-state index contributed by atoms with van der Waals surface area (Å²) in [6.45, 7) is 5.96. The van der Waals surface area contributed by atoms with Crippen molar-refractivity contribution in [1.29, 1.82) is 0 Å². The molecule has 0 bridgehead atoms. The van der Waals surface area contributed by atoms with Gasteiger partial charge in [-0.1, -0.05) is 6.92 Å². The van der Waals surface area contributed by atoms with Gasteiger partial charge in [-0.25, -0.2) is 0 Å². The molecule has 1 aliphatic rings. The largest absolute Gasteiger partial charge is 0.307 e. The summed E-state index contributed by atoms with van der Waals surface area (Å²) in [5.41, 5.74) is 0. The predicted octanol–water partition coefficient (Wildman–Crippen LogP) is 1.42. The molecule has 1 heterocycles. The predicted molar refractivity (Wildman–Crippen MR) is 53.4 cm³/mol. The lowest BCUT2D eigenvalue weighted by Gasteiger charge is -2.22. The average Bonchev–Trinajstić information content (AvgIpc) is 2.47. The monoisotopic (exact) mass is 170 g/mol. The highest BCUT2D eigenvalue weighted by Gasteiger charge is 2.20. The molecule has 1 rings (SSSR count). The lowest BCUT2D eigenvalue weighted by atomic mass is 10.1. The fraction of sp³-hybridized carbons (Fsp3) is 1.00. The second kappa shape index (κ2) is 4.83. The van der Waals surface area contributed by atoms with E-state index >= 15 is 0 Å². The first-order valence-electron chi connectivity index (χ1n) is 5.12. The summed E-state index contributed by atoms with van der Waals surface area (Å²) in [7, 11) is 4.46. The van der Waals surface area contributed by atoms with Gasteiger partial charge in [-0.15, -0.1) is 0 Å². The van der Waals surface area contributed by atoms with Crippen molar-refractivity contribution in [3.8, 4) is 0 Å². The Labute approximate surface area is 76.5 Å². The van der Waals surface area contributed by atoms with Gasteiger partial charge in [0.15, 0.2) is 0 Å². The second-order valence-corrected chi connectivity index (χ2v) is 3.96. The second-order valence-electron chi connectivity index (χ2n) is 3.96. The van der Waals surface area contributed by atoms with Gasteiger partial charge < -0.3 is 9.80 Å². The Morgan fingerprint density at radius 1 is 1.50 bits per heavy atom. The molecule has 0 N–H and O–H groups in total. The lowest BCUT2D eigenvalue weighted by molar-refractivity contribution is 0.254. The zero-order valence-electron chi connectivity index (χ0n) is 8.71. The SMILES string of the molecule is CCN(C)CCC1CCCN1C. The number of hydrogen-bond donors (Lipinski definition) is 0. The number of likely N-dealkylation sites (tertiary alicyclic amines) is 1. The van der Waals surface area contributed by atoms with E-state index in [1.54, 1.807) is 0 Å². The highest BCUT2D eigenvalue weighted by Crippen LogP contribution is 2.17. The summed E-state index contributed by atoms with van der Waals surface area (Å²) in [5, 5.41) is 0. The molecule has 1 atom stereocenters. The maximum absolute atomic E-state index is 2.50. The molecular weight excluding hydrogens is 148 g/mol. The van der Waals surface area contributed by atoms with Crippen LogP contribution in [0.25, 0.3) is 0 Å². The molecule has 1 aliphatic heterocycles. The molecule has 72 valence electrons. The lowest BCUT2D eigenvalue weighted by Crippen LogP contribution is -2.30. The van der Waals surface area contributed by atoms with E-state index in [-0.39, 0.29) is 0 Å². The Hall–Kier alpha value is -0.0800. The van der Waals surface area contributed by atoms with Gasteiger partial charge in [-0.3, -0.25) is 0 Å². The molecule has 0 aromatic heterocycles. The molecule has 0 saturated carbocycles. The highest BCUT2D eigenvalue weighted by molar-refractivity contribution is 4.76. The van der Waals surface area contributed by atoms with Gasteiger partial charge in [0.05, 0.1) is 0 Å². The van der Waals surface area contributed by atoms with Crippen LogP contribution in [0.2, 0.25) is 0 Å². The Morgan fingerprint density at radius 2 is 2.25 bits per heavy atom. The maximum atomic E-state index is 2.50. The number of nitrogens with zero attached hydrogens (tertiary/aromatic N) is 2. The molecule has 0 aromatic carbocycles. The Morgan fingerprint density at radius 3 is 2.75 bits per heavy atom. The minimum Gasteiger partial charge on any atom is -0.307 e. The van der Waals surface area contributed by atoms with E-state index in [9.17, 15) is 0 Å². The third-order valence-electron chi connectivity index (χ3n) is 3.06. The first-order valence-corrected chi connectivity index (χ1v) is 5.12. The Bertz CT molecular complexity index is 125. The van der Waals surface area contributed by atoms with Crippen LogP contribution in [0, 0.1) is 0 Å². The summed E-state index contributed by atoms with van der Waals surface area (Å²) < 4.78 is 0. The molecule has 1 saturated heterocycles. The quantitative estimate of drug-likeness (QED) is 0.629. The van der Waals surface area contributed by atoms with Crippen LogP contribution >= 0.6 is 0 Å². The van der Waals surface area contributed by atoms with Gasteiger partial charge in [0, 0.05) is 6.04 Å². The highest BCUT2D eigenvalue weighted by atomic mass is 15.2. The fourth-order valence-corrected chi connectivity index (χ4v) is 1.87. The van der Waals surface area contributed by atoms with Gasteiger partial charge in [0.1, 0.15) is 0 Å². The van der Waals surface area contributed by atoms with Gasteiger partial charge in [-0.2, -0.15) is 0 Å². The zero-order valence-corrected chi connectivity index (χ0v) is 8.71. The smallest absolute Gasteiger partial charge is 0.0105 e. The van der Waals surface area contributed by atoms with E-state index in [1.807, 2.05) is 0 Å². The van der Waals surface area contributed by atoms with Crippen molar-refractivity contribution in [3.05, 3.63) is 0 Å². The van der Waals surface area contributed by atoms with E-state index < -0.39 is 0 Å². The molecule has 0 radical (unpaired) electrons. The maximum Gasteiger partial charge on any atom is 0.0105 e. The van der Waals surface area contributed by atoms with Gasteiger partial charge in [-0.05, 0) is 53.0 Å². The molecule has 0 amide bonds. The van der Waals surface area contributed by atoms with Crippen molar-refractivity contribution in [3.63, 3.8) is 0 Å². The number of hydrogen-bond acceptors (Lipinski definition) is 2. The average molecular weight is 170 g/mol. The summed E-state index contributed by atoms with van der Waals surface area (Å²) in [6.07, 6.45) is 4.16. The van der Waals surface area contributed by atoms with Crippen LogP contribution in [0.1, 0.15) is 26.2 Å². The minimum absolute atomic E-state index is 0.860. The molecule has 2 nitrogen and oxygen atoms in total. The summed E-state index contributed by atoms with van der Waals surface area (Å²) in [4.78, 5) is 4.90. The van der Waals surface area contributed by atoms with E-state index in [4.69, 9.17) is 0 Å². The molecule has 0 spiro atoms. The third kappa shape index (κ3) is 2.76. The van der Waals surface area contributed by atoms with Crippen LogP contribution < -0.4 is 0 Å². The van der Waals surface area contributed by atoms with E-state index in [1.165, 1.54) is 38.9 Å². The Kier molecular flexibility index (Phi) is 4.02. The molecular formula is C10H22N2. The normalized spacial score (nSPS) is 25.5. The van der Waals surface area contributed by atoms with Crippen molar-refractivity contribution in [2.45, 2.75) is 32.2 Å². The van der Waals surface area contributed by atoms with Crippen LogP contribution in [0.4, 0.5) is 0 Å². The van der Waals surface area contributed by atoms with Crippen LogP contribution in [0.3, 0.4) is 0 Å². The van der Waals surface area contributed by atoms with Crippen molar-refractivity contribution >= 4 is 0 Å². The molecule has 2 heteroatoms. The van der Waals surface area contributed by atoms with Crippen molar-refractivity contribution in [2.24, 2.45) is 0 Å². The first kappa shape index (κ1) is 10.0. The van der Waals surface area contributed by atoms with Crippen LogP contribution in [0.5, 0.6) is 0 Å². The molecule has 12 heavy (non-hydrogen) atoms. The minimum atomic E-state index is 0.860.